The van der Waals surface area contributed by atoms with Gasteiger partial charge in [-0.25, -0.2) is 0 Å². The summed E-state index contributed by atoms with van der Waals surface area (Å²) in [5.41, 5.74) is 0. The Balaban J connectivity index is 2.31. The zero-order valence-corrected chi connectivity index (χ0v) is 4.77. The summed E-state index contributed by atoms with van der Waals surface area (Å²) in [5, 5.41) is 2.21. The van der Waals surface area contributed by atoms with Gasteiger partial charge in [-0.15, -0.1) is 13.2 Å². The van der Waals surface area contributed by atoms with E-state index in [1.54, 1.807) is 0 Å². The number of alkyl halides is 3. The predicted octanol–water partition coefficient (Wildman–Crippen LogP) is 1.05. The third kappa shape index (κ3) is 2.36. The molecule has 1 aliphatic rings. The van der Waals surface area contributed by atoms with E-state index in [2.05, 4.69) is 16.6 Å². The summed E-state index contributed by atoms with van der Waals surface area (Å²) in [6.45, 7) is 2.34. The first-order chi connectivity index (χ1) is 4.58. The average molecular weight is 151 g/mol. The lowest BCUT2D eigenvalue weighted by Gasteiger charge is -2.11. The minimum Gasteiger partial charge on any atom is -0.275 e. The summed E-state index contributed by atoms with van der Waals surface area (Å²) in [4.78, 5) is 0. The minimum absolute atomic E-state index is 1.11. The summed E-state index contributed by atoms with van der Waals surface area (Å²) in [6.07, 6.45) is -3.15. The summed E-state index contributed by atoms with van der Waals surface area (Å²) >= 11 is 0. The first-order valence-electron chi connectivity index (χ1n) is 2.50. The molecule has 0 saturated heterocycles. The van der Waals surface area contributed by atoms with Crippen molar-refractivity contribution in [1.29, 1.82) is 0 Å². The first-order valence-corrected chi connectivity index (χ1v) is 2.50. The Bertz CT molecular complexity index is 142. The van der Waals surface area contributed by atoms with Gasteiger partial charge in [-0.05, 0) is 6.08 Å². The summed E-state index contributed by atoms with van der Waals surface area (Å²) in [6, 6.07) is 0. The smallest absolute Gasteiger partial charge is 0.275 e. The maximum absolute atomic E-state index is 11.4. The van der Waals surface area contributed by atoms with Crippen molar-refractivity contribution in [3.8, 4) is 0 Å². The largest absolute Gasteiger partial charge is 0.524 e. The van der Waals surface area contributed by atoms with E-state index in [9.17, 15) is 13.2 Å². The summed E-state index contributed by atoms with van der Waals surface area (Å²) in [7, 11) is 0. The molecule has 2 nitrogen and oxygen atoms in total. The Morgan fingerprint density at radius 2 is 2.20 bits per heavy atom. The molecular weight excluding hydrogens is 147 g/mol. The van der Waals surface area contributed by atoms with Crippen molar-refractivity contribution in [2.24, 2.45) is 0 Å². The van der Waals surface area contributed by atoms with E-state index < -0.39 is 12.6 Å². The fourth-order valence-corrected chi connectivity index (χ4v) is 0.527. The number of nitrogens with one attached hydrogen (secondary N) is 1. The van der Waals surface area contributed by atoms with Crippen LogP contribution in [-0.2, 0) is 4.74 Å². The van der Waals surface area contributed by atoms with Crippen LogP contribution in [0.5, 0.6) is 0 Å². The van der Waals surface area contributed by atoms with Gasteiger partial charge in [0.05, 0.1) is 6.54 Å². The third-order valence-electron chi connectivity index (χ3n) is 0.841. The van der Waals surface area contributed by atoms with Gasteiger partial charge in [0.1, 0.15) is 6.23 Å². The van der Waals surface area contributed by atoms with Gasteiger partial charge >= 0.3 is 6.36 Å². The van der Waals surface area contributed by atoms with Crippen LogP contribution in [0.2, 0.25) is 0 Å². The molecule has 2 radical (unpaired) electrons. The van der Waals surface area contributed by atoms with E-state index in [4.69, 9.17) is 0 Å². The molecule has 1 unspecified atom stereocenters. The lowest BCUT2D eigenvalue weighted by atomic mass is 10.5. The summed E-state index contributed by atoms with van der Waals surface area (Å²) in [5.74, 6) is 0. The third-order valence-corrected chi connectivity index (χ3v) is 0.841. The topological polar surface area (TPSA) is 21.3 Å². The molecule has 0 spiro atoms. The van der Waals surface area contributed by atoms with Crippen LogP contribution >= 0.6 is 0 Å². The standard InChI is InChI=1S/C5H4F3NO/c6-5(7,8)10-4-2-1-3-9-4/h1-2,4,9H. The van der Waals surface area contributed by atoms with Crippen molar-refractivity contribution in [2.45, 2.75) is 12.6 Å². The van der Waals surface area contributed by atoms with E-state index in [1.165, 1.54) is 12.2 Å². The van der Waals surface area contributed by atoms with Crippen LogP contribution in [0, 0.1) is 6.54 Å². The van der Waals surface area contributed by atoms with Crippen LogP contribution in [0.1, 0.15) is 0 Å². The molecule has 56 valence electrons. The molecule has 5 heteroatoms. The highest BCUT2D eigenvalue weighted by Crippen LogP contribution is 2.19. The second kappa shape index (κ2) is 2.59. The Morgan fingerprint density at radius 1 is 1.50 bits per heavy atom. The number of hydrogen-bond acceptors (Lipinski definition) is 2. The molecule has 1 atom stereocenters. The molecule has 0 bridgehead atoms. The minimum atomic E-state index is -4.59. The van der Waals surface area contributed by atoms with Gasteiger partial charge in [0.2, 0.25) is 0 Å². The van der Waals surface area contributed by atoms with E-state index in [0.717, 1.165) is 0 Å². The van der Waals surface area contributed by atoms with Gasteiger partial charge in [-0.1, -0.05) is 6.08 Å². The highest BCUT2D eigenvalue weighted by atomic mass is 19.4. The lowest BCUT2D eigenvalue weighted by molar-refractivity contribution is -0.338. The molecule has 1 N–H and O–H groups in total. The fourth-order valence-electron chi connectivity index (χ4n) is 0.527. The Morgan fingerprint density at radius 3 is 2.60 bits per heavy atom. The van der Waals surface area contributed by atoms with Crippen molar-refractivity contribution in [2.75, 3.05) is 0 Å². The van der Waals surface area contributed by atoms with Crippen LogP contribution < -0.4 is 5.32 Å². The number of halogens is 3. The highest BCUT2D eigenvalue weighted by Gasteiger charge is 2.33. The molecule has 0 aliphatic carbocycles. The van der Waals surface area contributed by atoms with E-state index in [0.29, 0.717) is 0 Å². The molecule has 0 amide bonds. The molecule has 1 rings (SSSR count). The van der Waals surface area contributed by atoms with Gasteiger partial charge in [-0.2, -0.15) is 0 Å². The highest BCUT2D eigenvalue weighted by molar-refractivity contribution is 5.05. The zero-order chi connectivity index (χ0) is 7.61. The Kier molecular flexibility index (Phi) is 1.96. The van der Waals surface area contributed by atoms with E-state index >= 15 is 0 Å². The summed E-state index contributed by atoms with van der Waals surface area (Å²) < 4.78 is 37.7. The normalized spacial score (nSPS) is 25.7. The molecule has 0 aromatic rings. The Hall–Kier alpha value is -0.550. The SMILES string of the molecule is FC(F)(F)OC1C=C[C]N1. The van der Waals surface area contributed by atoms with Gasteiger partial charge in [0.15, 0.2) is 0 Å². The van der Waals surface area contributed by atoms with E-state index in [1.807, 2.05) is 0 Å². The zero-order valence-electron chi connectivity index (χ0n) is 4.77. The van der Waals surface area contributed by atoms with Crippen LogP contribution in [0.3, 0.4) is 0 Å². The Labute approximate surface area is 55.7 Å². The maximum Gasteiger partial charge on any atom is 0.524 e. The second-order valence-corrected chi connectivity index (χ2v) is 1.63. The molecule has 0 saturated carbocycles. The molecule has 0 aromatic heterocycles. The monoisotopic (exact) mass is 151 g/mol. The lowest BCUT2D eigenvalue weighted by Crippen LogP contribution is -2.30. The molecule has 0 aromatic carbocycles. The van der Waals surface area contributed by atoms with Crippen molar-refractivity contribution >= 4 is 0 Å². The van der Waals surface area contributed by atoms with Crippen molar-refractivity contribution in [3.05, 3.63) is 18.7 Å². The van der Waals surface area contributed by atoms with Crippen LogP contribution in [0.25, 0.3) is 0 Å². The van der Waals surface area contributed by atoms with Crippen molar-refractivity contribution in [1.82, 2.24) is 5.32 Å². The van der Waals surface area contributed by atoms with Crippen molar-refractivity contribution < 1.29 is 17.9 Å². The quantitative estimate of drug-likeness (QED) is 0.604. The van der Waals surface area contributed by atoms with Gasteiger partial charge in [0, 0.05) is 0 Å². The number of hydrogen-bond donors (Lipinski definition) is 1. The average Bonchev–Trinajstić information content (AvgIpc) is 2.12. The van der Waals surface area contributed by atoms with Crippen LogP contribution in [-0.4, -0.2) is 12.6 Å². The van der Waals surface area contributed by atoms with Crippen molar-refractivity contribution in [3.63, 3.8) is 0 Å². The number of rotatable bonds is 1. The van der Waals surface area contributed by atoms with E-state index in [-0.39, 0.29) is 0 Å². The predicted molar refractivity (Wildman–Crippen MR) is 26.4 cm³/mol. The first kappa shape index (κ1) is 7.56. The number of ether oxygens (including phenoxy) is 1. The van der Waals surface area contributed by atoms with Crippen LogP contribution in [0.4, 0.5) is 13.2 Å². The van der Waals surface area contributed by atoms with Crippen LogP contribution in [0.15, 0.2) is 12.2 Å². The molecule has 10 heavy (non-hydrogen) atoms. The van der Waals surface area contributed by atoms with Gasteiger partial charge in [-0.3, -0.25) is 10.1 Å². The fraction of sp³-hybridized carbons (Fsp3) is 0.400. The maximum atomic E-state index is 11.4. The van der Waals surface area contributed by atoms with Gasteiger partial charge < -0.3 is 0 Å². The molecule has 0 fully saturated rings. The van der Waals surface area contributed by atoms with Gasteiger partial charge in [0.25, 0.3) is 0 Å². The molecular formula is C5H4F3NO. The molecule has 1 aliphatic heterocycles. The molecule has 1 heterocycles. The second-order valence-electron chi connectivity index (χ2n) is 1.63.